The molecular weight excluding hydrogens is 271 g/mol. The molecule has 1 rings (SSSR count). The molecule has 0 spiro atoms. The molecule has 0 saturated carbocycles. The zero-order chi connectivity index (χ0) is 13.5. The van der Waals surface area contributed by atoms with Gasteiger partial charge in [0.05, 0.1) is 5.92 Å². The van der Waals surface area contributed by atoms with Crippen LogP contribution in [0, 0.1) is 0 Å². The largest absolute Gasteiger partial charge is 0.481 e. The van der Waals surface area contributed by atoms with Crippen LogP contribution in [0.25, 0.3) is 0 Å². The summed E-state index contributed by atoms with van der Waals surface area (Å²) in [5.74, 6) is -1.47. The molecule has 0 amide bonds. The average Bonchev–Trinajstić information content (AvgIpc) is 2.31. The van der Waals surface area contributed by atoms with Crippen molar-refractivity contribution in [1.29, 1.82) is 0 Å². The number of carbonyl (C=O) groups is 1. The second-order valence-electron chi connectivity index (χ2n) is 4.38. The fourth-order valence-electron chi connectivity index (χ4n) is 2.01. The fraction of sp³-hybridized carbons (Fsp3) is 0.500. The van der Waals surface area contributed by atoms with Crippen molar-refractivity contribution < 1.29 is 9.90 Å². The predicted octanol–water partition coefficient (Wildman–Crippen LogP) is 5.13. The molecule has 0 heterocycles. The van der Waals surface area contributed by atoms with Crippen molar-refractivity contribution in [3.8, 4) is 0 Å². The van der Waals surface area contributed by atoms with E-state index >= 15 is 0 Å². The number of benzene rings is 1. The first kappa shape index (κ1) is 15.3. The number of hydrogen-bond acceptors (Lipinski definition) is 1. The topological polar surface area (TPSA) is 37.3 Å². The molecule has 0 aliphatic heterocycles. The molecule has 100 valence electrons. The maximum absolute atomic E-state index is 11.4. The summed E-state index contributed by atoms with van der Waals surface area (Å²) in [6.07, 6.45) is 4.76. The van der Waals surface area contributed by atoms with Gasteiger partial charge in [-0.2, -0.15) is 0 Å². The smallest absolute Gasteiger partial charge is 0.311 e. The standard InChI is InChI=1S/C14H18Cl2O2/c1-2-3-4-5-7-10(14(17)18)13-11(15)8-6-9-12(13)16/h6,8-10H,2-5,7H2,1H3,(H,17,18)/t10-/m0/s1. The van der Waals surface area contributed by atoms with Gasteiger partial charge in [-0.1, -0.05) is 61.9 Å². The van der Waals surface area contributed by atoms with Crippen molar-refractivity contribution in [2.24, 2.45) is 0 Å². The van der Waals surface area contributed by atoms with Crippen LogP contribution in [0.3, 0.4) is 0 Å². The molecule has 1 N–H and O–H groups in total. The van der Waals surface area contributed by atoms with Crippen LogP contribution < -0.4 is 0 Å². The van der Waals surface area contributed by atoms with E-state index in [4.69, 9.17) is 23.2 Å². The van der Waals surface area contributed by atoms with Gasteiger partial charge in [-0.15, -0.1) is 0 Å². The third kappa shape index (κ3) is 4.18. The highest BCUT2D eigenvalue weighted by Crippen LogP contribution is 2.34. The molecule has 1 atom stereocenters. The number of carboxylic acid groups (broad SMARTS) is 1. The highest BCUT2D eigenvalue weighted by molar-refractivity contribution is 6.36. The first-order valence-electron chi connectivity index (χ1n) is 6.24. The molecular formula is C14H18Cl2O2. The van der Waals surface area contributed by atoms with Gasteiger partial charge in [0.25, 0.3) is 0 Å². The monoisotopic (exact) mass is 288 g/mol. The van der Waals surface area contributed by atoms with E-state index in [0.717, 1.165) is 25.7 Å². The summed E-state index contributed by atoms with van der Waals surface area (Å²) in [7, 11) is 0. The first-order valence-corrected chi connectivity index (χ1v) is 7.00. The van der Waals surface area contributed by atoms with Crippen LogP contribution in [-0.2, 0) is 4.79 Å². The van der Waals surface area contributed by atoms with Gasteiger partial charge in [0, 0.05) is 15.6 Å². The van der Waals surface area contributed by atoms with Gasteiger partial charge >= 0.3 is 5.97 Å². The van der Waals surface area contributed by atoms with Crippen LogP contribution in [0.4, 0.5) is 0 Å². The molecule has 2 nitrogen and oxygen atoms in total. The Morgan fingerprint density at radius 1 is 1.22 bits per heavy atom. The number of halogens is 2. The van der Waals surface area contributed by atoms with Crippen LogP contribution in [-0.4, -0.2) is 11.1 Å². The number of unbranched alkanes of at least 4 members (excludes halogenated alkanes) is 3. The van der Waals surface area contributed by atoms with Crippen LogP contribution in [0.1, 0.15) is 50.5 Å². The molecule has 4 heteroatoms. The lowest BCUT2D eigenvalue weighted by Gasteiger charge is -2.15. The van der Waals surface area contributed by atoms with Crippen molar-refractivity contribution in [1.82, 2.24) is 0 Å². The minimum absolute atomic E-state index is 0.436. The van der Waals surface area contributed by atoms with E-state index in [-0.39, 0.29) is 0 Å². The van der Waals surface area contributed by atoms with E-state index in [2.05, 4.69) is 6.92 Å². The second-order valence-corrected chi connectivity index (χ2v) is 5.19. The Balaban J connectivity index is 2.81. The lowest BCUT2D eigenvalue weighted by atomic mass is 9.93. The Morgan fingerprint density at radius 3 is 2.33 bits per heavy atom. The Labute approximate surface area is 118 Å². The average molecular weight is 289 g/mol. The first-order chi connectivity index (χ1) is 8.57. The molecule has 0 aromatic heterocycles. The number of carboxylic acids is 1. The zero-order valence-electron chi connectivity index (χ0n) is 10.5. The molecule has 18 heavy (non-hydrogen) atoms. The molecule has 1 aromatic carbocycles. The zero-order valence-corrected chi connectivity index (χ0v) is 12.0. The lowest BCUT2D eigenvalue weighted by Crippen LogP contribution is -2.12. The van der Waals surface area contributed by atoms with E-state index in [9.17, 15) is 9.90 Å². The van der Waals surface area contributed by atoms with E-state index in [1.54, 1.807) is 18.2 Å². The van der Waals surface area contributed by atoms with E-state index in [0.29, 0.717) is 22.0 Å². The van der Waals surface area contributed by atoms with Crippen LogP contribution in [0.15, 0.2) is 18.2 Å². The minimum Gasteiger partial charge on any atom is -0.481 e. The van der Waals surface area contributed by atoms with Gasteiger partial charge < -0.3 is 5.11 Å². The summed E-state index contributed by atoms with van der Waals surface area (Å²) in [4.78, 5) is 11.4. The Kier molecular flexibility index (Phi) is 6.51. The molecule has 0 fully saturated rings. The molecule has 1 aromatic rings. The number of rotatable bonds is 7. The summed E-state index contributed by atoms with van der Waals surface area (Å²) in [6, 6.07) is 5.10. The van der Waals surface area contributed by atoms with Crippen molar-refractivity contribution in [2.45, 2.75) is 44.9 Å². The number of aliphatic carboxylic acids is 1. The molecule has 0 saturated heterocycles. The van der Waals surface area contributed by atoms with Crippen molar-refractivity contribution in [2.75, 3.05) is 0 Å². The maximum atomic E-state index is 11.4. The molecule has 0 bridgehead atoms. The summed E-state index contributed by atoms with van der Waals surface area (Å²) in [5.41, 5.74) is 0.546. The van der Waals surface area contributed by atoms with Crippen molar-refractivity contribution in [3.63, 3.8) is 0 Å². The van der Waals surface area contributed by atoms with Gasteiger partial charge in [-0.25, -0.2) is 0 Å². The Hall–Kier alpha value is -0.730. The quantitative estimate of drug-likeness (QED) is 0.706. The Bertz CT molecular complexity index is 385. The molecule has 0 aliphatic rings. The summed E-state index contributed by atoms with van der Waals surface area (Å²) in [6.45, 7) is 2.12. The normalized spacial score (nSPS) is 12.4. The Morgan fingerprint density at radius 2 is 1.83 bits per heavy atom. The van der Waals surface area contributed by atoms with Gasteiger partial charge in [-0.05, 0) is 18.6 Å². The van der Waals surface area contributed by atoms with Crippen LogP contribution >= 0.6 is 23.2 Å². The number of hydrogen-bond donors (Lipinski definition) is 1. The van der Waals surface area contributed by atoms with Gasteiger partial charge in [0.1, 0.15) is 0 Å². The minimum atomic E-state index is -0.860. The molecule has 0 unspecified atom stereocenters. The predicted molar refractivity (Wildman–Crippen MR) is 75.6 cm³/mol. The van der Waals surface area contributed by atoms with E-state index in [1.165, 1.54) is 0 Å². The highest BCUT2D eigenvalue weighted by atomic mass is 35.5. The van der Waals surface area contributed by atoms with Crippen LogP contribution in [0.2, 0.25) is 10.0 Å². The van der Waals surface area contributed by atoms with Crippen LogP contribution in [0.5, 0.6) is 0 Å². The van der Waals surface area contributed by atoms with Gasteiger partial charge in [0.2, 0.25) is 0 Å². The van der Waals surface area contributed by atoms with E-state index in [1.807, 2.05) is 0 Å². The third-order valence-corrected chi connectivity index (χ3v) is 3.65. The van der Waals surface area contributed by atoms with Gasteiger partial charge in [-0.3, -0.25) is 4.79 Å². The SMILES string of the molecule is CCCCCC[C@H](C(=O)O)c1c(Cl)cccc1Cl. The summed E-state index contributed by atoms with van der Waals surface area (Å²) >= 11 is 12.1. The molecule has 0 aliphatic carbocycles. The summed E-state index contributed by atoms with van der Waals surface area (Å²) in [5, 5.41) is 10.2. The lowest BCUT2D eigenvalue weighted by molar-refractivity contribution is -0.139. The fourth-order valence-corrected chi connectivity index (χ4v) is 2.67. The van der Waals surface area contributed by atoms with E-state index < -0.39 is 11.9 Å². The van der Waals surface area contributed by atoms with Crippen molar-refractivity contribution in [3.05, 3.63) is 33.8 Å². The second kappa shape index (κ2) is 7.65. The van der Waals surface area contributed by atoms with Crippen molar-refractivity contribution >= 4 is 29.2 Å². The maximum Gasteiger partial charge on any atom is 0.311 e. The molecule has 0 radical (unpaired) electrons. The van der Waals surface area contributed by atoms with Gasteiger partial charge in [0.15, 0.2) is 0 Å². The third-order valence-electron chi connectivity index (χ3n) is 2.99. The highest BCUT2D eigenvalue weighted by Gasteiger charge is 2.24. The summed E-state index contributed by atoms with van der Waals surface area (Å²) < 4.78 is 0.